The number of aliphatic hydroxyl groups is 2. The predicted octanol–water partition coefficient (Wildman–Crippen LogP) is -1.12. The Morgan fingerprint density at radius 2 is 1.56 bits per heavy atom. The van der Waals surface area contributed by atoms with Crippen molar-refractivity contribution in [2.45, 2.75) is 50.6 Å². The second-order valence-corrected chi connectivity index (χ2v) is 12.7. The van der Waals surface area contributed by atoms with E-state index in [-0.39, 0.29) is 11.3 Å². The molecule has 0 radical (unpaired) electrons. The van der Waals surface area contributed by atoms with Gasteiger partial charge in [0, 0.05) is 18.2 Å². The average Bonchev–Trinajstić information content (AvgIpc) is 2.87. The van der Waals surface area contributed by atoms with E-state index in [4.69, 9.17) is 19.4 Å². The molecule has 1 saturated heterocycles. The van der Waals surface area contributed by atoms with Crippen LogP contribution < -0.4 is 11.2 Å². The Balaban J connectivity index is 2.28. The van der Waals surface area contributed by atoms with Crippen molar-refractivity contribution >= 4 is 23.5 Å². The summed E-state index contributed by atoms with van der Waals surface area (Å²) in [4.78, 5) is 62.5. The third kappa shape index (κ3) is 7.02. The molecule has 0 bridgehead atoms. The van der Waals surface area contributed by atoms with Crippen molar-refractivity contribution in [2.24, 2.45) is 7.05 Å². The Bertz CT molecular complexity index is 1180. The summed E-state index contributed by atoms with van der Waals surface area (Å²) < 4.78 is 52.1. The molecule has 17 nitrogen and oxygen atoms in total. The first-order valence-corrected chi connectivity index (χ1v) is 13.8. The van der Waals surface area contributed by atoms with Gasteiger partial charge >= 0.3 is 29.2 Å². The second-order valence-electron chi connectivity index (χ2n) is 8.29. The van der Waals surface area contributed by atoms with Gasteiger partial charge in [0.1, 0.15) is 24.4 Å². The second kappa shape index (κ2) is 9.79. The number of aromatic nitrogens is 2. The van der Waals surface area contributed by atoms with E-state index in [1.807, 2.05) is 0 Å². The van der Waals surface area contributed by atoms with Crippen LogP contribution >= 0.6 is 23.5 Å². The summed E-state index contributed by atoms with van der Waals surface area (Å²) in [5.74, 6) is 0. The molecule has 1 aromatic rings. The van der Waals surface area contributed by atoms with Crippen molar-refractivity contribution in [2.75, 3.05) is 6.61 Å². The van der Waals surface area contributed by atoms with Crippen LogP contribution in [0.3, 0.4) is 0 Å². The Hall–Kier alpha value is -1.03. The maximum absolute atomic E-state index is 12.6. The zero-order valence-electron chi connectivity index (χ0n) is 18.2. The molecule has 1 aliphatic rings. The lowest BCUT2D eigenvalue weighted by Crippen LogP contribution is -2.41. The molecule has 20 heteroatoms. The zero-order valence-corrected chi connectivity index (χ0v) is 20.8. The number of nitrogens with zero attached hydrogens (tertiary/aromatic N) is 1. The first-order chi connectivity index (χ1) is 15.2. The molecular formula is C14H25N2O15P3. The number of hydrogen-bond acceptors (Lipinski definition) is 11. The molecule has 1 fully saturated rings. The molecule has 0 aromatic carbocycles. The highest BCUT2D eigenvalue weighted by Crippen LogP contribution is 2.66. The number of rotatable bonds is 8. The smallest absolute Gasteiger partial charge is 0.387 e. The maximum Gasteiger partial charge on any atom is 0.490 e. The normalized spacial score (nSPS) is 27.4. The van der Waals surface area contributed by atoms with Crippen LogP contribution in [-0.4, -0.2) is 64.3 Å². The summed E-state index contributed by atoms with van der Waals surface area (Å²) >= 11 is 0. The van der Waals surface area contributed by atoms with Crippen LogP contribution in [0.4, 0.5) is 0 Å². The summed E-state index contributed by atoms with van der Waals surface area (Å²) in [5.41, 5.74) is -2.47. The van der Waals surface area contributed by atoms with Gasteiger partial charge in [-0.05, 0) is 0 Å². The molecule has 0 spiro atoms. The minimum atomic E-state index is -5.76. The Morgan fingerprint density at radius 3 is 2.06 bits per heavy atom. The van der Waals surface area contributed by atoms with E-state index in [1.165, 1.54) is 7.05 Å². The van der Waals surface area contributed by atoms with Crippen molar-refractivity contribution in [1.82, 2.24) is 9.55 Å². The van der Waals surface area contributed by atoms with Crippen LogP contribution in [-0.2, 0) is 44.0 Å². The van der Waals surface area contributed by atoms with Crippen LogP contribution in [0.15, 0.2) is 9.59 Å². The van der Waals surface area contributed by atoms with Gasteiger partial charge in [-0.1, -0.05) is 20.8 Å². The van der Waals surface area contributed by atoms with Crippen molar-refractivity contribution in [3.8, 4) is 0 Å². The first kappa shape index (κ1) is 29.2. The molecule has 0 amide bonds. The fourth-order valence-corrected chi connectivity index (χ4v) is 6.43. The predicted molar refractivity (Wildman–Crippen MR) is 110 cm³/mol. The molecule has 34 heavy (non-hydrogen) atoms. The summed E-state index contributed by atoms with van der Waals surface area (Å²) in [7, 11) is -15.5. The van der Waals surface area contributed by atoms with E-state index in [0.717, 1.165) is 4.57 Å². The van der Waals surface area contributed by atoms with Gasteiger partial charge in [0.05, 0.1) is 12.2 Å². The fourth-order valence-electron chi connectivity index (χ4n) is 3.41. The Kier molecular flexibility index (Phi) is 8.41. The Morgan fingerprint density at radius 1 is 1.00 bits per heavy atom. The molecule has 1 aromatic heterocycles. The Labute approximate surface area is 191 Å². The number of aromatic amines is 1. The molecule has 0 aliphatic carbocycles. The van der Waals surface area contributed by atoms with E-state index >= 15 is 0 Å². The van der Waals surface area contributed by atoms with Gasteiger partial charge in [-0.3, -0.25) is 18.9 Å². The maximum atomic E-state index is 12.6. The van der Waals surface area contributed by atoms with E-state index in [9.17, 15) is 38.4 Å². The monoisotopic (exact) mass is 554 g/mol. The third-order valence-electron chi connectivity index (χ3n) is 4.54. The minimum absolute atomic E-state index is 0.172. The van der Waals surface area contributed by atoms with Crippen molar-refractivity contribution in [1.29, 1.82) is 0 Å². The van der Waals surface area contributed by atoms with E-state index < -0.39 is 71.2 Å². The lowest BCUT2D eigenvalue weighted by atomic mass is 9.85. The van der Waals surface area contributed by atoms with E-state index in [0.29, 0.717) is 0 Å². The van der Waals surface area contributed by atoms with Gasteiger partial charge in [-0.25, -0.2) is 18.5 Å². The van der Waals surface area contributed by atoms with Crippen LogP contribution in [0.5, 0.6) is 0 Å². The van der Waals surface area contributed by atoms with Crippen molar-refractivity contribution < 1.29 is 61.4 Å². The SMILES string of the molecule is Cn1c(C(C)(C)C)c([C@@H]2O[C@H](COP(=O)(O)OP(=O)(O)OP(=O)(O)O)[C@@H](O)[C@H]2O)c(=O)[nH]c1=O. The van der Waals surface area contributed by atoms with E-state index in [2.05, 4.69) is 18.1 Å². The number of hydrogen-bond donors (Lipinski definition) is 7. The third-order valence-corrected chi connectivity index (χ3v) is 8.34. The quantitative estimate of drug-likeness (QED) is 0.188. The standard InChI is InChI=1S/C14H25N2O15P3/c1-14(2,3)11-7(12(19)15-13(20)16(11)4)10-9(18)8(17)6(29-10)5-28-33(24,25)31-34(26,27)30-32(21,22)23/h6,8-10,17-18H,5H2,1-4H3,(H,24,25)(H,26,27)(H,15,19,20)(H2,21,22,23)/t6-,8-,9-,10+/m1/s1. The van der Waals surface area contributed by atoms with Crippen LogP contribution in [0.1, 0.15) is 38.1 Å². The highest BCUT2D eigenvalue weighted by molar-refractivity contribution is 7.66. The van der Waals surface area contributed by atoms with Gasteiger partial charge in [0.15, 0.2) is 0 Å². The molecule has 2 rings (SSSR count). The topological polar surface area (TPSA) is 264 Å². The van der Waals surface area contributed by atoms with Gasteiger partial charge < -0.3 is 34.5 Å². The van der Waals surface area contributed by atoms with Gasteiger partial charge in [-0.2, -0.15) is 8.62 Å². The largest absolute Gasteiger partial charge is 0.490 e. The number of nitrogens with one attached hydrogen (secondary N) is 1. The van der Waals surface area contributed by atoms with Crippen LogP contribution in [0.25, 0.3) is 0 Å². The highest BCUT2D eigenvalue weighted by Gasteiger charge is 2.48. The number of phosphoric ester groups is 1. The fraction of sp³-hybridized carbons (Fsp3) is 0.714. The van der Waals surface area contributed by atoms with Crippen molar-refractivity contribution in [3.63, 3.8) is 0 Å². The summed E-state index contributed by atoms with van der Waals surface area (Å²) in [6, 6.07) is 0. The number of phosphoric acid groups is 3. The number of aliphatic hydroxyl groups excluding tert-OH is 2. The molecule has 7 N–H and O–H groups in total. The highest BCUT2D eigenvalue weighted by atomic mass is 31.3. The lowest BCUT2D eigenvalue weighted by molar-refractivity contribution is -0.0233. The summed E-state index contributed by atoms with van der Waals surface area (Å²) in [6.07, 6.45) is -6.68. The summed E-state index contributed by atoms with van der Waals surface area (Å²) in [5, 5.41) is 20.8. The molecule has 1 aliphatic heterocycles. The molecule has 2 heterocycles. The lowest BCUT2D eigenvalue weighted by Gasteiger charge is -2.27. The van der Waals surface area contributed by atoms with E-state index in [1.54, 1.807) is 20.8 Å². The minimum Gasteiger partial charge on any atom is -0.387 e. The van der Waals surface area contributed by atoms with Crippen LogP contribution in [0.2, 0.25) is 0 Å². The van der Waals surface area contributed by atoms with Gasteiger partial charge in [-0.15, -0.1) is 0 Å². The first-order valence-electron chi connectivity index (χ1n) is 9.29. The van der Waals surface area contributed by atoms with Gasteiger partial charge in [0.25, 0.3) is 5.56 Å². The van der Waals surface area contributed by atoms with Gasteiger partial charge in [0.2, 0.25) is 0 Å². The van der Waals surface area contributed by atoms with Crippen molar-refractivity contribution in [3.05, 3.63) is 32.1 Å². The average molecular weight is 554 g/mol. The molecule has 6 atom stereocenters. The van der Waals surface area contributed by atoms with Crippen LogP contribution in [0, 0.1) is 0 Å². The molecule has 196 valence electrons. The number of ether oxygens (including phenoxy) is 1. The zero-order chi connectivity index (χ0) is 26.4. The number of H-pyrrole nitrogens is 1. The molecular weight excluding hydrogens is 529 g/mol. The molecule has 2 unspecified atom stereocenters. The summed E-state index contributed by atoms with van der Waals surface area (Å²) in [6.45, 7) is 3.98. The molecule has 0 saturated carbocycles.